The maximum atomic E-state index is 13.5. The predicted octanol–water partition coefficient (Wildman–Crippen LogP) is 8.74. The van der Waals surface area contributed by atoms with Gasteiger partial charge >= 0.3 is 24.6 Å². The second kappa shape index (κ2) is 11.5. The molecule has 0 aliphatic rings. The summed E-state index contributed by atoms with van der Waals surface area (Å²) in [5.74, 6) is 0. The Morgan fingerprint density at radius 1 is 0.805 bits per heavy atom. The molecule has 0 heterocycles. The van der Waals surface area contributed by atoms with Crippen molar-refractivity contribution < 1.29 is 54.0 Å². The van der Waals surface area contributed by atoms with Crippen molar-refractivity contribution in [2.45, 2.75) is 31.6 Å². The van der Waals surface area contributed by atoms with Crippen LogP contribution in [0.5, 0.6) is 0 Å². The number of benzene rings is 3. The molecule has 3 aromatic rings. The minimum atomic E-state index is -5.20. The van der Waals surface area contributed by atoms with Gasteiger partial charge in [0.05, 0.1) is 28.7 Å². The highest BCUT2D eigenvalue weighted by atomic mass is 35.5. The third-order valence-electron chi connectivity index (χ3n) is 5.70. The average Bonchev–Trinajstić information content (AvgIpc) is 2.86. The van der Waals surface area contributed by atoms with E-state index in [0.29, 0.717) is 29.2 Å². The summed E-state index contributed by atoms with van der Waals surface area (Å²) in [5.41, 5.74) is -6.28. The SMILES string of the molecule is COC(=O)N(Cc1cc(C(F)(F)F)cc(C(F)(F)F)c1)Cc1cc(C(F)(F)F)ccc1-c1cc([N+](=O)[O-])ccc1Cl. The van der Waals surface area contributed by atoms with E-state index in [-0.39, 0.29) is 27.8 Å². The topological polar surface area (TPSA) is 72.7 Å². The number of halogens is 10. The monoisotopic (exact) mass is 614 g/mol. The maximum absolute atomic E-state index is 13.5. The van der Waals surface area contributed by atoms with Gasteiger partial charge in [0.1, 0.15) is 0 Å². The molecule has 16 heteroatoms. The van der Waals surface area contributed by atoms with Gasteiger partial charge in [0, 0.05) is 35.8 Å². The van der Waals surface area contributed by atoms with E-state index in [1.807, 2.05) is 0 Å². The third kappa shape index (κ3) is 7.60. The molecule has 3 rings (SSSR count). The Hall–Kier alpha value is -4.01. The number of rotatable bonds is 6. The highest BCUT2D eigenvalue weighted by Gasteiger charge is 2.37. The molecule has 0 spiro atoms. The molecule has 0 unspecified atom stereocenters. The summed E-state index contributed by atoms with van der Waals surface area (Å²) in [6.07, 6.45) is -16.6. The minimum Gasteiger partial charge on any atom is -0.453 e. The van der Waals surface area contributed by atoms with Crippen LogP contribution in [0.2, 0.25) is 5.02 Å². The zero-order valence-electron chi connectivity index (χ0n) is 20.4. The van der Waals surface area contributed by atoms with Crippen LogP contribution < -0.4 is 0 Å². The Kier molecular flexibility index (Phi) is 8.81. The lowest BCUT2D eigenvalue weighted by Gasteiger charge is -2.25. The first-order valence-electron chi connectivity index (χ1n) is 11.1. The Morgan fingerprint density at radius 2 is 1.37 bits per heavy atom. The van der Waals surface area contributed by atoms with Crippen molar-refractivity contribution in [3.63, 3.8) is 0 Å². The van der Waals surface area contributed by atoms with E-state index in [4.69, 9.17) is 11.6 Å². The summed E-state index contributed by atoms with van der Waals surface area (Å²) in [6.45, 7) is -1.78. The van der Waals surface area contributed by atoms with Crippen LogP contribution in [0.4, 0.5) is 50.0 Å². The molecule has 3 aromatic carbocycles. The average molecular weight is 615 g/mol. The first kappa shape index (κ1) is 31.5. The lowest BCUT2D eigenvalue weighted by atomic mass is 9.96. The van der Waals surface area contributed by atoms with E-state index in [2.05, 4.69) is 4.74 Å². The number of hydrogen-bond donors (Lipinski definition) is 0. The quantitative estimate of drug-likeness (QED) is 0.158. The minimum absolute atomic E-state index is 0.118. The zero-order chi connectivity index (χ0) is 30.9. The second-order valence-electron chi connectivity index (χ2n) is 8.53. The van der Waals surface area contributed by atoms with E-state index in [1.165, 1.54) is 0 Å². The molecular weight excluding hydrogens is 599 g/mol. The molecule has 0 aliphatic carbocycles. The molecule has 0 atom stereocenters. The summed E-state index contributed by atoms with van der Waals surface area (Å²) in [6, 6.07) is 5.82. The van der Waals surface area contributed by atoms with E-state index >= 15 is 0 Å². The number of hydrogen-bond acceptors (Lipinski definition) is 4. The molecule has 0 N–H and O–H groups in total. The second-order valence-corrected chi connectivity index (χ2v) is 8.94. The highest BCUT2D eigenvalue weighted by molar-refractivity contribution is 6.33. The van der Waals surface area contributed by atoms with Gasteiger partial charge < -0.3 is 4.74 Å². The molecule has 0 bridgehead atoms. The van der Waals surface area contributed by atoms with Gasteiger partial charge in [-0.25, -0.2) is 4.79 Å². The molecule has 0 radical (unpaired) electrons. The first-order valence-corrected chi connectivity index (χ1v) is 11.4. The van der Waals surface area contributed by atoms with Crippen LogP contribution in [-0.2, 0) is 36.4 Å². The fraction of sp³-hybridized carbons (Fsp3) is 0.240. The van der Waals surface area contributed by atoms with Crippen molar-refractivity contribution in [3.05, 3.63) is 97.6 Å². The summed E-state index contributed by atoms with van der Waals surface area (Å²) in [5, 5.41) is 11.1. The van der Waals surface area contributed by atoms with Gasteiger partial charge in [-0.2, -0.15) is 39.5 Å². The van der Waals surface area contributed by atoms with E-state index in [9.17, 15) is 54.4 Å². The number of nitro benzene ring substituents is 1. The molecule has 0 aliphatic heterocycles. The van der Waals surface area contributed by atoms with Crippen molar-refractivity contribution in [2.24, 2.45) is 0 Å². The van der Waals surface area contributed by atoms with Crippen LogP contribution in [0.1, 0.15) is 27.8 Å². The van der Waals surface area contributed by atoms with Gasteiger partial charge in [0.25, 0.3) is 5.69 Å². The number of ether oxygens (including phenoxy) is 1. The Balaban J connectivity index is 2.18. The number of nitrogens with zero attached hydrogens (tertiary/aromatic N) is 2. The number of non-ortho nitro benzene ring substituents is 1. The maximum Gasteiger partial charge on any atom is 0.416 e. The molecule has 0 saturated carbocycles. The number of nitro groups is 1. The molecule has 0 saturated heterocycles. The zero-order valence-corrected chi connectivity index (χ0v) is 21.2. The number of alkyl halides is 9. The lowest BCUT2D eigenvalue weighted by Crippen LogP contribution is -2.30. The van der Waals surface area contributed by atoms with Gasteiger partial charge in [-0.05, 0) is 53.1 Å². The molecule has 6 nitrogen and oxygen atoms in total. The van der Waals surface area contributed by atoms with E-state index in [0.717, 1.165) is 31.4 Å². The Bertz CT molecular complexity index is 1440. The smallest absolute Gasteiger partial charge is 0.416 e. The normalized spacial score (nSPS) is 12.3. The standard InChI is InChI=1S/C25H16ClF9N2O4/c1-41-22(38)36(11-13-6-16(24(30,31)32)9-17(7-13)25(33,34)35)12-14-8-15(23(27,28)29)2-4-19(14)20-10-18(37(39)40)3-5-21(20)26/h2-10H,11-12H2,1H3. The fourth-order valence-electron chi connectivity index (χ4n) is 3.85. The molecular formula is C25H16ClF9N2O4. The summed E-state index contributed by atoms with van der Waals surface area (Å²) >= 11 is 6.15. The summed E-state index contributed by atoms with van der Waals surface area (Å²) < 4.78 is 125. The number of carbonyl (C=O) groups is 1. The van der Waals surface area contributed by atoms with Crippen molar-refractivity contribution in [2.75, 3.05) is 7.11 Å². The molecule has 0 aromatic heterocycles. The van der Waals surface area contributed by atoms with Crippen LogP contribution in [0.15, 0.2) is 54.6 Å². The van der Waals surface area contributed by atoms with Gasteiger partial charge in [0.15, 0.2) is 0 Å². The summed E-state index contributed by atoms with van der Waals surface area (Å²) in [4.78, 5) is 23.6. The van der Waals surface area contributed by atoms with Crippen LogP contribution in [0.25, 0.3) is 11.1 Å². The van der Waals surface area contributed by atoms with Crippen LogP contribution in [-0.4, -0.2) is 23.0 Å². The number of carbonyl (C=O) groups excluding carboxylic acids is 1. The predicted molar refractivity (Wildman–Crippen MR) is 127 cm³/mol. The highest BCUT2D eigenvalue weighted by Crippen LogP contribution is 2.39. The van der Waals surface area contributed by atoms with Crippen molar-refractivity contribution in [3.8, 4) is 11.1 Å². The third-order valence-corrected chi connectivity index (χ3v) is 6.03. The van der Waals surface area contributed by atoms with E-state index in [1.54, 1.807) is 0 Å². The number of methoxy groups -OCH3 is 1. The van der Waals surface area contributed by atoms with Crippen molar-refractivity contribution >= 4 is 23.4 Å². The largest absolute Gasteiger partial charge is 0.453 e. The Morgan fingerprint density at radius 3 is 1.85 bits per heavy atom. The first-order chi connectivity index (χ1) is 18.8. The molecule has 0 fully saturated rings. The van der Waals surface area contributed by atoms with Gasteiger partial charge in [-0.1, -0.05) is 17.7 Å². The van der Waals surface area contributed by atoms with Crippen molar-refractivity contribution in [1.29, 1.82) is 0 Å². The van der Waals surface area contributed by atoms with Gasteiger partial charge in [0.2, 0.25) is 0 Å². The van der Waals surface area contributed by atoms with Crippen LogP contribution in [0.3, 0.4) is 0 Å². The lowest BCUT2D eigenvalue weighted by molar-refractivity contribution is -0.384. The fourth-order valence-corrected chi connectivity index (χ4v) is 4.07. The molecule has 41 heavy (non-hydrogen) atoms. The van der Waals surface area contributed by atoms with Crippen molar-refractivity contribution in [1.82, 2.24) is 4.90 Å². The summed E-state index contributed by atoms with van der Waals surface area (Å²) in [7, 11) is 0.840. The Labute approximate surface area is 230 Å². The number of amides is 1. The van der Waals surface area contributed by atoms with E-state index < -0.39 is 70.6 Å². The van der Waals surface area contributed by atoms with Gasteiger partial charge in [-0.15, -0.1) is 0 Å². The molecule has 1 amide bonds. The molecule has 220 valence electrons. The van der Waals surface area contributed by atoms with Gasteiger partial charge in [-0.3, -0.25) is 15.0 Å². The van der Waals surface area contributed by atoms with Crippen LogP contribution >= 0.6 is 11.6 Å². The van der Waals surface area contributed by atoms with Crippen LogP contribution in [0, 0.1) is 10.1 Å².